The van der Waals surface area contributed by atoms with Crippen molar-refractivity contribution in [2.45, 2.75) is 132 Å². The molecule has 0 heterocycles. The minimum absolute atomic E-state index is 0.126. The second kappa shape index (κ2) is 13.1. The molecule has 1 aromatic carbocycles. The average Bonchev–Trinajstić information content (AvgIpc) is 3.43. The molecule has 5 aliphatic carbocycles. The zero-order valence-electron chi connectivity index (χ0n) is 26.6. The van der Waals surface area contributed by atoms with E-state index in [0.29, 0.717) is 29.8 Å². The summed E-state index contributed by atoms with van der Waals surface area (Å²) in [5.41, 5.74) is 1.94. The Bertz CT molecular complexity index is 973. The monoisotopic (exact) mass is 550 g/mol. The van der Waals surface area contributed by atoms with Crippen LogP contribution in [0.2, 0.25) is 0 Å². The highest BCUT2D eigenvalue weighted by Gasteiger charge is 2.65. The molecule has 0 radical (unpaired) electrons. The molecule has 0 spiro atoms. The van der Waals surface area contributed by atoms with Crippen molar-refractivity contribution in [1.29, 1.82) is 0 Å². The number of hydrogen-bond donors (Lipinski definition) is 0. The van der Waals surface area contributed by atoms with Gasteiger partial charge in [-0.3, -0.25) is 4.79 Å². The molecule has 5 aliphatic rings. The van der Waals surface area contributed by atoms with Crippen LogP contribution in [-0.4, -0.2) is 12.3 Å². The maximum absolute atomic E-state index is 13.7. The van der Waals surface area contributed by atoms with Crippen LogP contribution in [0.3, 0.4) is 0 Å². The molecule has 5 saturated carbocycles. The minimum Gasteiger partial charge on any atom is -0.460 e. The van der Waals surface area contributed by atoms with Gasteiger partial charge in [0.1, 0.15) is 12.9 Å². The summed E-state index contributed by atoms with van der Waals surface area (Å²) in [6, 6.07) is 10.2. The summed E-state index contributed by atoms with van der Waals surface area (Å²) >= 11 is 0. The van der Waals surface area contributed by atoms with E-state index in [1.165, 1.54) is 64.2 Å². The summed E-state index contributed by atoms with van der Waals surface area (Å²) in [6.45, 7) is 14.2. The van der Waals surface area contributed by atoms with Crippen LogP contribution >= 0.6 is 0 Å². The largest absolute Gasteiger partial charge is 0.460 e. The van der Waals surface area contributed by atoms with Crippen molar-refractivity contribution in [2.24, 2.45) is 51.8 Å². The van der Waals surface area contributed by atoms with Crippen LogP contribution in [0, 0.1) is 51.8 Å². The summed E-state index contributed by atoms with van der Waals surface area (Å²) in [5, 5.41) is 0. The van der Waals surface area contributed by atoms with Gasteiger partial charge in [0.15, 0.2) is 0 Å². The zero-order chi connectivity index (χ0) is 29.0. The predicted molar refractivity (Wildman–Crippen MR) is 165 cm³/mol. The maximum atomic E-state index is 13.7. The Balaban J connectivity index is 0.000000568. The van der Waals surface area contributed by atoms with E-state index >= 15 is 0 Å². The molecule has 9 atom stereocenters. The molecule has 6 rings (SSSR count). The molecule has 40 heavy (non-hydrogen) atoms. The zero-order valence-corrected chi connectivity index (χ0v) is 26.6. The Morgan fingerprint density at radius 3 is 2.20 bits per heavy atom. The average molecular weight is 551 g/mol. The Kier molecular flexibility index (Phi) is 10.3. The van der Waals surface area contributed by atoms with Crippen LogP contribution in [0.15, 0.2) is 30.3 Å². The van der Waals surface area contributed by atoms with Gasteiger partial charge in [-0.15, -0.1) is 0 Å². The molecule has 9 unspecified atom stereocenters. The lowest BCUT2D eigenvalue weighted by atomic mass is 9.38. The first kappa shape index (κ1) is 31.3. The Hall–Kier alpha value is -1.64. The third-order valence-electron chi connectivity index (χ3n) is 12.7. The number of rotatable bonds is 4. The van der Waals surface area contributed by atoms with Gasteiger partial charge < -0.3 is 9.53 Å². The highest BCUT2D eigenvalue weighted by atomic mass is 16.5. The number of hydrogen-bond acceptors (Lipinski definition) is 3. The van der Waals surface area contributed by atoms with Gasteiger partial charge in [0.2, 0.25) is 0 Å². The molecule has 0 aromatic heterocycles. The van der Waals surface area contributed by atoms with Crippen molar-refractivity contribution >= 4 is 12.3 Å². The fraction of sp³-hybridized carbons (Fsp3) is 0.784. The normalized spacial score (nSPS) is 41.2. The van der Waals surface area contributed by atoms with Crippen LogP contribution < -0.4 is 0 Å². The quantitative estimate of drug-likeness (QED) is 0.277. The highest BCUT2D eigenvalue weighted by Crippen LogP contribution is 2.71. The van der Waals surface area contributed by atoms with E-state index in [0.717, 1.165) is 54.3 Å². The lowest BCUT2D eigenvalue weighted by molar-refractivity contribution is -0.193. The molecule has 0 amide bonds. The smallest absolute Gasteiger partial charge is 0.312 e. The van der Waals surface area contributed by atoms with Crippen molar-refractivity contribution in [1.82, 2.24) is 0 Å². The summed E-state index contributed by atoms with van der Waals surface area (Å²) < 4.78 is 6.04. The summed E-state index contributed by atoms with van der Waals surface area (Å²) in [4.78, 5) is 22.8. The molecule has 0 bridgehead atoms. The number of aldehydes is 1. The van der Waals surface area contributed by atoms with Crippen LogP contribution in [-0.2, 0) is 20.9 Å². The number of esters is 1. The molecular formula is C37H58O3. The number of fused-ring (bicyclic) bond motifs is 7. The maximum Gasteiger partial charge on any atom is 0.312 e. The van der Waals surface area contributed by atoms with Crippen LogP contribution in [0.4, 0.5) is 0 Å². The van der Waals surface area contributed by atoms with Gasteiger partial charge in [0, 0.05) is 6.42 Å². The third-order valence-corrected chi connectivity index (χ3v) is 12.7. The fourth-order valence-electron chi connectivity index (χ4n) is 11.1. The van der Waals surface area contributed by atoms with E-state index in [9.17, 15) is 9.59 Å². The van der Waals surface area contributed by atoms with Crippen molar-refractivity contribution in [3.8, 4) is 0 Å². The van der Waals surface area contributed by atoms with Gasteiger partial charge in [-0.1, -0.05) is 91.1 Å². The Morgan fingerprint density at radius 1 is 0.850 bits per heavy atom. The fourth-order valence-corrected chi connectivity index (χ4v) is 11.1. The summed E-state index contributed by atoms with van der Waals surface area (Å²) in [5.74, 6) is 4.99. The second-order valence-corrected chi connectivity index (χ2v) is 14.3. The molecule has 3 nitrogen and oxygen atoms in total. The van der Waals surface area contributed by atoms with E-state index in [-0.39, 0.29) is 11.4 Å². The summed E-state index contributed by atoms with van der Waals surface area (Å²) in [7, 11) is 0. The number of carbonyl (C=O) groups is 2. The molecule has 0 N–H and O–H groups in total. The van der Waals surface area contributed by atoms with Gasteiger partial charge in [-0.25, -0.2) is 0 Å². The highest BCUT2D eigenvalue weighted by molar-refractivity contribution is 5.78. The molecule has 0 saturated heterocycles. The van der Waals surface area contributed by atoms with E-state index in [1.54, 1.807) is 0 Å². The molecule has 1 aromatic rings. The van der Waals surface area contributed by atoms with Crippen molar-refractivity contribution in [3.05, 3.63) is 35.9 Å². The Labute approximate surface area is 245 Å². The van der Waals surface area contributed by atoms with E-state index in [2.05, 4.69) is 32.9 Å². The molecule has 5 fully saturated rings. The Morgan fingerprint density at radius 2 is 1.50 bits per heavy atom. The molecular weight excluding hydrogens is 492 g/mol. The molecule has 3 heteroatoms. The van der Waals surface area contributed by atoms with Crippen LogP contribution in [0.5, 0.6) is 0 Å². The standard InChI is InChI=1S/C32H46O2.C3H6O.C2H6/c1-22-9-7-17-30(2)25(22)15-19-31(3)26-16-20-32(29(33)34-21-23-10-5-4-6-11-23)18-8-12-27(32)24(26)13-14-28(30)31;1-2-3-4;1-2/h4-6,10-11,22,24-28H,7-9,12-21H2,1-3H3;3H,2H2,1H3;1-2H3. The van der Waals surface area contributed by atoms with Crippen molar-refractivity contribution in [3.63, 3.8) is 0 Å². The van der Waals surface area contributed by atoms with Crippen molar-refractivity contribution in [2.75, 3.05) is 0 Å². The van der Waals surface area contributed by atoms with Gasteiger partial charge in [0.25, 0.3) is 0 Å². The SMILES string of the molecule is CC.CC1CCCC2(C)C1CCC1(C)C3CCC4(C(=O)OCc5ccccc5)CCCC4C3CCC21.CCC=O. The topological polar surface area (TPSA) is 43.4 Å². The first-order valence-corrected chi connectivity index (χ1v) is 16.9. The van der Waals surface area contributed by atoms with Gasteiger partial charge in [-0.05, 0) is 110 Å². The first-order chi connectivity index (χ1) is 19.3. The number of carbonyl (C=O) groups excluding carboxylic acids is 2. The number of ether oxygens (including phenoxy) is 1. The molecule has 0 aliphatic heterocycles. The van der Waals surface area contributed by atoms with E-state index in [4.69, 9.17) is 4.74 Å². The minimum atomic E-state index is -0.195. The third kappa shape index (κ3) is 5.45. The predicted octanol–water partition coefficient (Wildman–Crippen LogP) is 9.82. The van der Waals surface area contributed by atoms with Crippen LogP contribution in [0.1, 0.15) is 131 Å². The lowest BCUT2D eigenvalue weighted by Crippen LogP contribution is -2.60. The van der Waals surface area contributed by atoms with Crippen molar-refractivity contribution < 1.29 is 14.3 Å². The van der Waals surface area contributed by atoms with Gasteiger partial charge in [0.05, 0.1) is 5.41 Å². The second-order valence-electron chi connectivity index (χ2n) is 14.3. The van der Waals surface area contributed by atoms with E-state index in [1.807, 2.05) is 39.0 Å². The first-order valence-electron chi connectivity index (χ1n) is 16.9. The molecule has 224 valence electrons. The summed E-state index contributed by atoms with van der Waals surface area (Å²) in [6.07, 6.45) is 17.4. The van der Waals surface area contributed by atoms with E-state index < -0.39 is 0 Å². The van der Waals surface area contributed by atoms with Crippen LogP contribution in [0.25, 0.3) is 0 Å². The van der Waals surface area contributed by atoms with Gasteiger partial charge in [-0.2, -0.15) is 0 Å². The number of benzene rings is 1. The van der Waals surface area contributed by atoms with Gasteiger partial charge >= 0.3 is 5.97 Å². The lowest BCUT2D eigenvalue weighted by Gasteiger charge is -2.67.